The van der Waals surface area contributed by atoms with Gasteiger partial charge in [-0.15, -0.1) is 0 Å². The lowest BCUT2D eigenvalue weighted by Crippen LogP contribution is -2.45. The van der Waals surface area contributed by atoms with Gasteiger partial charge in [0.15, 0.2) is 0 Å². The van der Waals surface area contributed by atoms with E-state index in [4.69, 9.17) is 5.73 Å². The molecule has 0 saturated carbocycles. The van der Waals surface area contributed by atoms with Gasteiger partial charge in [-0.3, -0.25) is 0 Å². The highest BCUT2D eigenvalue weighted by molar-refractivity contribution is 4.90. The summed E-state index contributed by atoms with van der Waals surface area (Å²) in [6.07, 6.45) is 1.82. The summed E-state index contributed by atoms with van der Waals surface area (Å²) in [7, 11) is 0. The lowest BCUT2D eigenvalue weighted by molar-refractivity contribution is -0.00620. The second-order valence-corrected chi connectivity index (χ2v) is 3.35. The van der Waals surface area contributed by atoms with Crippen LogP contribution in [0.2, 0.25) is 0 Å². The highest BCUT2D eigenvalue weighted by Gasteiger charge is 2.35. The number of nitrogens with one attached hydrogen (secondary N) is 1. The van der Waals surface area contributed by atoms with Gasteiger partial charge in [0, 0.05) is 19.0 Å². The molecule has 0 aromatic rings. The Bertz CT molecular complexity index is 117. The van der Waals surface area contributed by atoms with Gasteiger partial charge in [-0.25, -0.2) is 0 Å². The van der Waals surface area contributed by atoms with Crippen molar-refractivity contribution in [1.29, 1.82) is 0 Å². The lowest BCUT2D eigenvalue weighted by atomic mass is 9.84. The third-order valence-corrected chi connectivity index (χ3v) is 2.79. The van der Waals surface area contributed by atoms with Gasteiger partial charge in [0.1, 0.15) is 0 Å². The molecule has 0 bridgehead atoms. The molecule has 11 heavy (non-hydrogen) atoms. The molecule has 0 aliphatic carbocycles. The predicted octanol–water partition coefficient (Wildman–Crippen LogP) is -0.304. The van der Waals surface area contributed by atoms with Crippen LogP contribution in [-0.2, 0) is 0 Å². The molecule has 0 aromatic heterocycles. The Labute approximate surface area is 68.0 Å². The highest BCUT2D eigenvalue weighted by atomic mass is 16.3. The van der Waals surface area contributed by atoms with E-state index in [0.717, 1.165) is 25.9 Å². The second-order valence-electron chi connectivity index (χ2n) is 3.35. The first-order valence-corrected chi connectivity index (χ1v) is 4.36. The number of rotatable bonds is 3. The smallest absolute Gasteiger partial charge is 0.0807 e. The van der Waals surface area contributed by atoms with Crippen molar-refractivity contribution in [2.24, 2.45) is 11.7 Å². The topological polar surface area (TPSA) is 58.3 Å². The highest BCUT2D eigenvalue weighted by Crippen LogP contribution is 2.25. The van der Waals surface area contributed by atoms with Crippen LogP contribution in [0, 0.1) is 5.92 Å². The minimum atomic E-state index is -0.622. The molecule has 2 atom stereocenters. The average molecular weight is 158 g/mol. The molecule has 1 saturated heterocycles. The summed E-state index contributed by atoms with van der Waals surface area (Å²) in [5.41, 5.74) is 4.90. The SMILES string of the molecule is CCC(O)(CN)C1CCNC1. The van der Waals surface area contributed by atoms with Gasteiger partial charge in [0.25, 0.3) is 0 Å². The molecular weight excluding hydrogens is 140 g/mol. The molecule has 1 fully saturated rings. The van der Waals surface area contributed by atoms with Gasteiger partial charge in [0.05, 0.1) is 5.60 Å². The number of hydrogen-bond acceptors (Lipinski definition) is 3. The molecule has 66 valence electrons. The molecule has 0 aromatic carbocycles. The first-order valence-electron chi connectivity index (χ1n) is 4.36. The molecule has 4 N–H and O–H groups in total. The summed E-state index contributed by atoms with van der Waals surface area (Å²) < 4.78 is 0. The molecule has 0 amide bonds. The first-order chi connectivity index (χ1) is 5.23. The molecule has 1 aliphatic heterocycles. The number of aliphatic hydroxyl groups is 1. The van der Waals surface area contributed by atoms with E-state index < -0.39 is 5.60 Å². The first kappa shape index (κ1) is 8.97. The number of nitrogens with two attached hydrogens (primary N) is 1. The second kappa shape index (κ2) is 3.52. The fraction of sp³-hybridized carbons (Fsp3) is 1.00. The third-order valence-electron chi connectivity index (χ3n) is 2.79. The van der Waals surface area contributed by atoms with Gasteiger partial charge in [0.2, 0.25) is 0 Å². The van der Waals surface area contributed by atoms with E-state index in [1.807, 2.05) is 6.92 Å². The molecule has 0 radical (unpaired) electrons. The number of hydrogen-bond donors (Lipinski definition) is 3. The molecular formula is C8H18N2O. The van der Waals surface area contributed by atoms with Gasteiger partial charge in [-0.2, -0.15) is 0 Å². The quantitative estimate of drug-likeness (QED) is 0.528. The summed E-state index contributed by atoms with van der Waals surface area (Å²) >= 11 is 0. The maximum absolute atomic E-state index is 9.96. The van der Waals surface area contributed by atoms with E-state index in [1.54, 1.807) is 0 Å². The Kier molecular flexibility index (Phi) is 2.87. The summed E-state index contributed by atoms with van der Waals surface area (Å²) in [5.74, 6) is 0.359. The van der Waals surface area contributed by atoms with Crippen LogP contribution < -0.4 is 11.1 Å². The van der Waals surface area contributed by atoms with Crippen LogP contribution in [0.1, 0.15) is 19.8 Å². The maximum atomic E-state index is 9.96. The molecule has 1 rings (SSSR count). The monoisotopic (exact) mass is 158 g/mol. The van der Waals surface area contributed by atoms with Crippen LogP contribution in [0.4, 0.5) is 0 Å². The molecule has 3 heteroatoms. The summed E-state index contributed by atoms with van der Waals surface area (Å²) in [4.78, 5) is 0. The molecule has 2 unspecified atom stereocenters. The minimum Gasteiger partial charge on any atom is -0.388 e. The van der Waals surface area contributed by atoms with Crippen molar-refractivity contribution >= 4 is 0 Å². The summed E-state index contributed by atoms with van der Waals surface area (Å²) in [6, 6.07) is 0. The van der Waals surface area contributed by atoms with Gasteiger partial charge >= 0.3 is 0 Å². The van der Waals surface area contributed by atoms with E-state index in [9.17, 15) is 5.11 Å². The molecule has 1 heterocycles. The van der Waals surface area contributed by atoms with Gasteiger partial charge in [-0.1, -0.05) is 6.92 Å². The van der Waals surface area contributed by atoms with Crippen molar-refractivity contribution in [2.45, 2.75) is 25.4 Å². The third kappa shape index (κ3) is 1.72. The average Bonchev–Trinajstić information content (AvgIpc) is 2.55. The van der Waals surface area contributed by atoms with Crippen LogP contribution in [0.3, 0.4) is 0 Å². The van der Waals surface area contributed by atoms with Crippen LogP contribution in [0.15, 0.2) is 0 Å². The van der Waals surface area contributed by atoms with Crippen molar-refractivity contribution in [1.82, 2.24) is 5.32 Å². The predicted molar refractivity (Wildman–Crippen MR) is 45.3 cm³/mol. The Hall–Kier alpha value is -0.120. The zero-order valence-electron chi connectivity index (χ0n) is 7.14. The van der Waals surface area contributed by atoms with Crippen LogP contribution in [-0.4, -0.2) is 30.3 Å². The Morgan fingerprint density at radius 2 is 2.45 bits per heavy atom. The lowest BCUT2D eigenvalue weighted by Gasteiger charge is -2.31. The van der Waals surface area contributed by atoms with E-state index >= 15 is 0 Å². The van der Waals surface area contributed by atoms with Crippen LogP contribution in [0.5, 0.6) is 0 Å². The van der Waals surface area contributed by atoms with Crippen LogP contribution in [0.25, 0.3) is 0 Å². The summed E-state index contributed by atoms with van der Waals surface area (Å²) in [6.45, 7) is 4.32. The largest absolute Gasteiger partial charge is 0.388 e. The zero-order valence-corrected chi connectivity index (χ0v) is 7.14. The molecule has 0 spiro atoms. The fourth-order valence-corrected chi connectivity index (χ4v) is 1.71. The molecule has 1 aliphatic rings. The fourth-order valence-electron chi connectivity index (χ4n) is 1.71. The van der Waals surface area contributed by atoms with E-state index in [-0.39, 0.29) is 0 Å². The van der Waals surface area contributed by atoms with E-state index in [2.05, 4.69) is 5.32 Å². The normalized spacial score (nSPS) is 30.3. The maximum Gasteiger partial charge on any atom is 0.0807 e. The van der Waals surface area contributed by atoms with Crippen LogP contribution >= 0.6 is 0 Å². The van der Waals surface area contributed by atoms with Gasteiger partial charge in [-0.05, 0) is 19.4 Å². The van der Waals surface area contributed by atoms with Crippen molar-refractivity contribution in [3.8, 4) is 0 Å². The van der Waals surface area contributed by atoms with Crippen molar-refractivity contribution in [3.63, 3.8) is 0 Å². The standard InChI is InChI=1S/C8H18N2O/c1-2-8(11,6-9)7-3-4-10-5-7/h7,10-11H,2-6,9H2,1H3. The zero-order chi connectivity index (χ0) is 8.32. The van der Waals surface area contributed by atoms with E-state index in [0.29, 0.717) is 12.5 Å². The Balaban J connectivity index is 2.52. The Morgan fingerprint density at radius 3 is 2.82 bits per heavy atom. The minimum absolute atomic E-state index is 0.359. The Morgan fingerprint density at radius 1 is 1.73 bits per heavy atom. The van der Waals surface area contributed by atoms with Crippen molar-refractivity contribution in [3.05, 3.63) is 0 Å². The van der Waals surface area contributed by atoms with E-state index in [1.165, 1.54) is 0 Å². The van der Waals surface area contributed by atoms with Gasteiger partial charge < -0.3 is 16.2 Å². The summed E-state index contributed by atoms with van der Waals surface area (Å²) in [5, 5.41) is 13.2. The molecule has 3 nitrogen and oxygen atoms in total. The van der Waals surface area contributed by atoms with Crippen molar-refractivity contribution in [2.75, 3.05) is 19.6 Å². The van der Waals surface area contributed by atoms with Crippen molar-refractivity contribution < 1.29 is 5.11 Å².